The molecule has 0 amide bonds. The van der Waals surface area contributed by atoms with E-state index in [-0.39, 0.29) is 0 Å². The van der Waals surface area contributed by atoms with Gasteiger partial charge in [0.25, 0.3) is 0 Å². The molecule has 1 fully saturated rings. The van der Waals surface area contributed by atoms with Crippen molar-refractivity contribution in [3.05, 3.63) is 12.0 Å². The number of piperidine rings is 1. The Balaban J connectivity index is 1.91. The highest BCUT2D eigenvalue weighted by atomic mass is 16.5. The van der Waals surface area contributed by atoms with Gasteiger partial charge in [0, 0.05) is 19.5 Å². The zero-order valence-electron chi connectivity index (χ0n) is 7.75. The molecule has 0 N–H and O–H groups in total. The summed E-state index contributed by atoms with van der Waals surface area (Å²) in [5.74, 6) is 1.14. The van der Waals surface area contributed by atoms with Crippen LogP contribution < -0.4 is 0 Å². The van der Waals surface area contributed by atoms with E-state index in [0.29, 0.717) is 6.10 Å². The summed E-state index contributed by atoms with van der Waals surface area (Å²) in [7, 11) is 0. The van der Waals surface area contributed by atoms with Gasteiger partial charge in [0.2, 0.25) is 0 Å². The largest absolute Gasteiger partial charge is 0.476 e. The summed E-state index contributed by atoms with van der Waals surface area (Å²) < 4.78 is 5.69. The second kappa shape index (κ2) is 3.38. The molecule has 2 nitrogen and oxygen atoms in total. The lowest BCUT2D eigenvalue weighted by Crippen LogP contribution is -2.29. The topological polar surface area (TPSA) is 12.5 Å². The standard InChI is InChI=1S/C10H17NO/c1-9-5-6-10(12-9)11-7-3-2-4-8-11/h6,9H,2-5,7-8H2,1H3. The first-order valence-corrected chi connectivity index (χ1v) is 4.98. The molecule has 12 heavy (non-hydrogen) atoms. The summed E-state index contributed by atoms with van der Waals surface area (Å²) in [5, 5.41) is 0. The van der Waals surface area contributed by atoms with Crippen LogP contribution in [0.15, 0.2) is 12.0 Å². The predicted molar refractivity (Wildman–Crippen MR) is 48.7 cm³/mol. The van der Waals surface area contributed by atoms with Crippen molar-refractivity contribution in [1.82, 2.24) is 4.90 Å². The van der Waals surface area contributed by atoms with E-state index in [0.717, 1.165) is 12.3 Å². The van der Waals surface area contributed by atoms with E-state index < -0.39 is 0 Å². The van der Waals surface area contributed by atoms with Crippen molar-refractivity contribution in [3.8, 4) is 0 Å². The van der Waals surface area contributed by atoms with Gasteiger partial charge in [-0.1, -0.05) is 0 Å². The second-order valence-electron chi connectivity index (χ2n) is 3.75. The molecule has 0 bridgehead atoms. The van der Waals surface area contributed by atoms with E-state index in [4.69, 9.17) is 4.74 Å². The minimum Gasteiger partial charge on any atom is -0.476 e. The molecule has 1 atom stereocenters. The minimum absolute atomic E-state index is 0.405. The third-order valence-electron chi connectivity index (χ3n) is 2.61. The number of likely N-dealkylation sites (tertiary alicyclic amines) is 1. The zero-order chi connectivity index (χ0) is 8.39. The fourth-order valence-corrected chi connectivity index (χ4v) is 1.89. The first-order chi connectivity index (χ1) is 5.86. The first kappa shape index (κ1) is 7.96. The molecule has 2 aliphatic heterocycles. The van der Waals surface area contributed by atoms with Gasteiger partial charge in [-0.05, 0) is 32.3 Å². The van der Waals surface area contributed by atoms with Crippen LogP contribution >= 0.6 is 0 Å². The molecule has 0 saturated carbocycles. The maximum atomic E-state index is 5.69. The molecule has 68 valence electrons. The molecule has 1 saturated heterocycles. The highest BCUT2D eigenvalue weighted by molar-refractivity contribution is 5.00. The Morgan fingerprint density at radius 1 is 1.33 bits per heavy atom. The summed E-state index contributed by atoms with van der Waals surface area (Å²) in [6, 6.07) is 0. The van der Waals surface area contributed by atoms with Gasteiger partial charge in [-0.3, -0.25) is 0 Å². The molecular weight excluding hydrogens is 150 g/mol. The summed E-state index contributed by atoms with van der Waals surface area (Å²) in [6.45, 7) is 4.52. The Morgan fingerprint density at radius 3 is 2.67 bits per heavy atom. The van der Waals surface area contributed by atoms with Crippen molar-refractivity contribution in [1.29, 1.82) is 0 Å². The number of rotatable bonds is 1. The molecule has 2 heteroatoms. The van der Waals surface area contributed by atoms with E-state index in [1.165, 1.54) is 32.4 Å². The molecule has 0 spiro atoms. The Hall–Kier alpha value is -0.660. The second-order valence-corrected chi connectivity index (χ2v) is 3.75. The molecule has 0 aromatic heterocycles. The number of hydrogen-bond donors (Lipinski definition) is 0. The molecule has 2 rings (SSSR count). The lowest BCUT2D eigenvalue weighted by atomic mass is 10.1. The summed E-state index contributed by atoms with van der Waals surface area (Å²) in [6.07, 6.45) is 7.77. The monoisotopic (exact) mass is 167 g/mol. The van der Waals surface area contributed by atoms with E-state index >= 15 is 0 Å². The van der Waals surface area contributed by atoms with Gasteiger partial charge in [-0.25, -0.2) is 0 Å². The Bertz CT molecular complexity index is 182. The van der Waals surface area contributed by atoms with E-state index in [1.807, 2.05) is 0 Å². The Labute approximate surface area is 74.2 Å². The van der Waals surface area contributed by atoms with Crippen molar-refractivity contribution < 1.29 is 4.74 Å². The number of ether oxygens (including phenoxy) is 1. The fourth-order valence-electron chi connectivity index (χ4n) is 1.89. The van der Waals surface area contributed by atoms with Gasteiger partial charge in [0.15, 0.2) is 5.88 Å². The summed E-state index contributed by atoms with van der Waals surface area (Å²) in [5.41, 5.74) is 0. The van der Waals surface area contributed by atoms with Gasteiger partial charge in [-0.15, -0.1) is 0 Å². The van der Waals surface area contributed by atoms with Crippen LogP contribution in [0, 0.1) is 0 Å². The molecule has 1 unspecified atom stereocenters. The maximum absolute atomic E-state index is 5.69. The molecule has 0 aliphatic carbocycles. The fraction of sp³-hybridized carbons (Fsp3) is 0.800. The molecule has 2 heterocycles. The number of hydrogen-bond acceptors (Lipinski definition) is 2. The lowest BCUT2D eigenvalue weighted by Gasteiger charge is -2.29. The van der Waals surface area contributed by atoms with E-state index in [2.05, 4.69) is 17.9 Å². The zero-order valence-corrected chi connectivity index (χ0v) is 7.75. The van der Waals surface area contributed by atoms with Crippen molar-refractivity contribution >= 4 is 0 Å². The predicted octanol–water partition coefficient (Wildman–Crippen LogP) is 2.12. The first-order valence-electron chi connectivity index (χ1n) is 4.98. The number of nitrogens with zero attached hydrogens (tertiary/aromatic N) is 1. The van der Waals surface area contributed by atoms with E-state index in [9.17, 15) is 0 Å². The highest BCUT2D eigenvalue weighted by Crippen LogP contribution is 2.23. The molecule has 0 radical (unpaired) electrons. The smallest absolute Gasteiger partial charge is 0.185 e. The van der Waals surface area contributed by atoms with Crippen molar-refractivity contribution in [2.24, 2.45) is 0 Å². The van der Waals surface area contributed by atoms with Gasteiger partial charge in [0.05, 0.1) is 0 Å². The van der Waals surface area contributed by atoms with Crippen LogP contribution in [-0.4, -0.2) is 24.1 Å². The SMILES string of the molecule is CC1CC=C(N2CCCCC2)O1. The highest BCUT2D eigenvalue weighted by Gasteiger charge is 2.20. The van der Waals surface area contributed by atoms with Crippen LogP contribution in [0.2, 0.25) is 0 Å². The van der Waals surface area contributed by atoms with Gasteiger partial charge >= 0.3 is 0 Å². The summed E-state index contributed by atoms with van der Waals surface area (Å²) >= 11 is 0. The maximum Gasteiger partial charge on any atom is 0.185 e. The van der Waals surface area contributed by atoms with Crippen LogP contribution in [0.25, 0.3) is 0 Å². The van der Waals surface area contributed by atoms with Crippen LogP contribution in [0.5, 0.6) is 0 Å². The van der Waals surface area contributed by atoms with Crippen molar-refractivity contribution in [3.63, 3.8) is 0 Å². The molecular formula is C10H17NO. The average Bonchev–Trinajstić information content (AvgIpc) is 2.54. The Morgan fingerprint density at radius 2 is 2.08 bits per heavy atom. The van der Waals surface area contributed by atoms with Crippen LogP contribution in [0.4, 0.5) is 0 Å². The summed E-state index contributed by atoms with van der Waals surface area (Å²) in [4.78, 5) is 2.38. The third kappa shape index (κ3) is 1.57. The van der Waals surface area contributed by atoms with E-state index in [1.54, 1.807) is 0 Å². The lowest BCUT2D eigenvalue weighted by molar-refractivity contribution is 0.0762. The normalized spacial score (nSPS) is 29.9. The van der Waals surface area contributed by atoms with Crippen molar-refractivity contribution in [2.75, 3.05) is 13.1 Å². The van der Waals surface area contributed by atoms with Gasteiger partial charge in [0.1, 0.15) is 6.10 Å². The van der Waals surface area contributed by atoms with Crippen molar-refractivity contribution in [2.45, 2.75) is 38.7 Å². The third-order valence-corrected chi connectivity index (χ3v) is 2.61. The molecule has 2 aliphatic rings. The van der Waals surface area contributed by atoms with Crippen LogP contribution in [-0.2, 0) is 4.74 Å². The Kier molecular flexibility index (Phi) is 2.24. The minimum atomic E-state index is 0.405. The molecule has 0 aromatic rings. The quantitative estimate of drug-likeness (QED) is 0.593. The van der Waals surface area contributed by atoms with Crippen LogP contribution in [0.3, 0.4) is 0 Å². The average molecular weight is 167 g/mol. The van der Waals surface area contributed by atoms with Crippen LogP contribution in [0.1, 0.15) is 32.6 Å². The van der Waals surface area contributed by atoms with Gasteiger partial charge in [-0.2, -0.15) is 0 Å². The van der Waals surface area contributed by atoms with Gasteiger partial charge < -0.3 is 9.64 Å². The molecule has 0 aromatic carbocycles.